The van der Waals surface area contributed by atoms with Crippen LogP contribution in [0.5, 0.6) is 0 Å². The fourth-order valence-electron chi connectivity index (χ4n) is 2.45. The van der Waals surface area contributed by atoms with Crippen LogP contribution in [0.25, 0.3) is 0 Å². The van der Waals surface area contributed by atoms with Crippen molar-refractivity contribution in [3.63, 3.8) is 0 Å². The number of ether oxygens (including phenoxy) is 1. The Balaban J connectivity index is 2.41. The van der Waals surface area contributed by atoms with Crippen molar-refractivity contribution >= 4 is 11.8 Å². The number of rotatable bonds is 8. The van der Waals surface area contributed by atoms with Gasteiger partial charge in [0, 0.05) is 24.5 Å². The first-order valence-corrected chi connectivity index (χ1v) is 7.58. The van der Waals surface area contributed by atoms with Crippen molar-refractivity contribution < 1.29 is 4.74 Å². The van der Waals surface area contributed by atoms with Gasteiger partial charge in [0.25, 0.3) is 0 Å². The van der Waals surface area contributed by atoms with E-state index >= 15 is 0 Å². The molecule has 1 rings (SSSR count). The Bertz CT molecular complexity index is 181. The molecule has 2 nitrogen and oxygen atoms in total. The minimum Gasteiger partial charge on any atom is -0.385 e. The molecule has 1 N–H and O–H groups in total. The molecule has 0 radical (unpaired) electrons. The van der Waals surface area contributed by atoms with Gasteiger partial charge in [-0.1, -0.05) is 6.92 Å². The highest BCUT2D eigenvalue weighted by Crippen LogP contribution is 2.41. The van der Waals surface area contributed by atoms with Gasteiger partial charge in [0.15, 0.2) is 0 Å². The zero-order chi connectivity index (χ0) is 11.9. The van der Waals surface area contributed by atoms with Crippen molar-refractivity contribution in [2.75, 3.05) is 26.0 Å². The van der Waals surface area contributed by atoms with Crippen molar-refractivity contribution in [3.8, 4) is 0 Å². The van der Waals surface area contributed by atoms with Crippen molar-refractivity contribution in [3.05, 3.63) is 0 Å². The van der Waals surface area contributed by atoms with Crippen molar-refractivity contribution in [2.24, 2.45) is 0 Å². The van der Waals surface area contributed by atoms with Gasteiger partial charge in [-0.3, -0.25) is 0 Å². The largest absolute Gasteiger partial charge is 0.385 e. The Morgan fingerprint density at radius 1 is 1.50 bits per heavy atom. The first-order chi connectivity index (χ1) is 7.73. The minimum absolute atomic E-state index is 0.461. The quantitative estimate of drug-likeness (QED) is 0.664. The van der Waals surface area contributed by atoms with Crippen LogP contribution in [0.15, 0.2) is 0 Å². The Hall–Kier alpha value is 0.270. The molecule has 0 spiro atoms. The molecule has 2 atom stereocenters. The third-order valence-electron chi connectivity index (χ3n) is 3.47. The number of hydrogen-bond donors (Lipinski definition) is 1. The lowest BCUT2D eigenvalue weighted by atomic mass is 9.92. The Morgan fingerprint density at radius 2 is 2.31 bits per heavy atom. The summed E-state index contributed by atoms with van der Waals surface area (Å²) in [6.07, 6.45) is 6.40. The summed E-state index contributed by atoms with van der Waals surface area (Å²) in [6, 6.07) is 0.662. The lowest BCUT2D eigenvalue weighted by Crippen LogP contribution is -2.45. The van der Waals surface area contributed by atoms with Gasteiger partial charge in [-0.2, -0.15) is 11.8 Å². The van der Waals surface area contributed by atoms with Gasteiger partial charge in [0.2, 0.25) is 0 Å². The van der Waals surface area contributed by atoms with Crippen LogP contribution >= 0.6 is 11.8 Å². The normalized spacial score (nSPS) is 27.2. The lowest BCUT2D eigenvalue weighted by Gasteiger charge is -2.34. The second-order valence-electron chi connectivity index (χ2n) is 4.91. The topological polar surface area (TPSA) is 21.3 Å². The van der Waals surface area contributed by atoms with Crippen molar-refractivity contribution in [1.82, 2.24) is 5.32 Å². The lowest BCUT2D eigenvalue weighted by molar-refractivity contribution is 0.186. The fraction of sp³-hybridized carbons (Fsp3) is 1.00. The SMILES string of the molecule is CCCNC(CCCOC)C1(C)CCCS1. The molecule has 0 saturated carbocycles. The first kappa shape index (κ1) is 14.3. The van der Waals surface area contributed by atoms with E-state index in [0.717, 1.165) is 13.2 Å². The van der Waals surface area contributed by atoms with E-state index < -0.39 is 0 Å². The molecule has 1 aliphatic rings. The number of nitrogens with one attached hydrogen (secondary N) is 1. The zero-order valence-electron chi connectivity index (χ0n) is 11.1. The summed E-state index contributed by atoms with van der Waals surface area (Å²) in [6.45, 7) is 6.72. The number of hydrogen-bond acceptors (Lipinski definition) is 3. The van der Waals surface area contributed by atoms with Crippen LogP contribution in [0.1, 0.15) is 46.0 Å². The monoisotopic (exact) mass is 245 g/mol. The van der Waals surface area contributed by atoms with E-state index in [1.807, 2.05) is 0 Å². The maximum atomic E-state index is 5.16. The van der Waals surface area contributed by atoms with Crippen molar-refractivity contribution in [2.45, 2.75) is 56.7 Å². The Labute approximate surface area is 105 Å². The molecule has 0 aromatic heterocycles. The van der Waals surface area contributed by atoms with E-state index in [1.165, 1.54) is 37.9 Å². The molecule has 1 saturated heterocycles. The summed E-state index contributed by atoms with van der Waals surface area (Å²) >= 11 is 2.16. The van der Waals surface area contributed by atoms with Crippen LogP contribution in [-0.4, -0.2) is 36.8 Å². The van der Waals surface area contributed by atoms with Gasteiger partial charge in [0.1, 0.15) is 0 Å². The van der Waals surface area contributed by atoms with Gasteiger partial charge < -0.3 is 10.1 Å². The molecular weight excluding hydrogens is 218 g/mol. The van der Waals surface area contributed by atoms with Crippen LogP contribution in [-0.2, 0) is 4.74 Å². The van der Waals surface area contributed by atoms with E-state index in [-0.39, 0.29) is 0 Å². The van der Waals surface area contributed by atoms with E-state index in [9.17, 15) is 0 Å². The maximum Gasteiger partial charge on any atom is 0.0462 e. The molecular formula is C13H27NOS. The summed E-state index contributed by atoms with van der Waals surface area (Å²) in [5.41, 5.74) is 0. The van der Waals surface area contributed by atoms with Crippen LogP contribution in [0, 0.1) is 0 Å². The molecule has 0 aliphatic carbocycles. The van der Waals surface area contributed by atoms with E-state index in [1.54, 1.807) is 7.11 Å². The molecule has 0 bridgehead atoms. The second kappa shape index (κ2) is 7.57. The molecule has 3 heteroatoms. The smallest absolute Gasteiger partial charge is 0.0462 e. The van der Waals surface area contributed by atoms with Crippen molar-refractivity contribution in [1.29, 1.82) is 0 Å². The van der Waals surface area contributed by atoms with Gasteiger partial charge in [0.05, 0.1) is 0 Å². The molecule has 16 heavy (non-hydrogen) atoms. The van der Waals surface area contributed by atoms with E-state index in [2.05, 4.69) is 30.9 Å². The van der Waals surface area contributed by atoms with E-state index in [4.69, 9.17) is 4.74 Å². The van der Waals surface area contributed by atoms with E-state index in [0.29, 0.717) is 10.8 Å². The average Bonchev–Trinajstić information content (AvgIpc) is 2.71. The Kier molecular flexibility index (Phi) is 6.78. The standard InChI is InChI=1S/C13H27NOS/c1-4-9-14-12(7-5-10-15-3)13(2)8-6-11-16-13/h12,14H,4-11H2,1-3H3. The summed E-state index contributed by atoms with van der Waals surface area (Å²) in [4.78, 5) is 0. The van der Waals surface area contributed by atoms with Gasteiger partial charge >= 0.3 is 0 Å². The van der Waals surface area contributed by atoms with Gasteiger partial charge in [-0.15, -0.1) is 0 Å². The number of methoxy groups -OCH3 is 1. The molecule has 1 heterocycles. The zero-order valence-corrected chi connectivity index (χ0v) is 11.9. The minimum atomic E-state index is 0.461. The molecule has 0 aromatic carbocycles. The Morgan fingerprint density at radius 3 is 2.88 bits per heavy atom. The molecule has 1 fully saturated rings. The second-order valence-corrected chi connectivity index (χ2v) is 6.54. The van der Waals surface area contributed by atoms with Crippen LogP contribution in [0.3, 0.4) is 0 Å². The highest BCUT2D eigenvalue weighted by atomic mass is 32.2. The predicted octanol–water partition coefficient (Wildman–Crippen LogP) is 3.07. The fourth-order valence-corrected chi connectivity index (χ4v) is 3.90. The highest BCUT2D eigenvalue weighted by molar-refractivity contribution is 8.00. The first-order valence-electron chi connectivity index (χ1n) is 6.59. The van der Waals surface area contributed by atoms with Gasteiger partial charge in [-0.05, 0) is 51.3 Å². The van der Waals surface area contributed by atoms with Crippen LogP contribution in [0.2, 0.25) is 0 Å². The molecule has 0 aromatic rings. The molecule has 1 aliphatic heterocycles. The predicted molar refractivity (Wildman–Crippen MR) is 73.3 cm³/mol. The van der Waals surface area contributed by atoms with Gasteiger partial charge in [-0.25, -0.2) is 0 Å². The highest BCUT2D eigenvalue weighted by Gasteiger charge is 2.36. The third-order valence-corrected chi connectivity index (χ3v) is 5.11. The third kappa shape index (κ3) is 4.27. The molecule has 2 unspecified atom stereocenters. The maximum absolute atomic E-state index is 5.16. The summed E-state index contributed by atoms with van der Waals surface area (Å²) in [5.74, 6) is 1.34. The van der Waals surface area contributed by atoms with Crippen LogP contribution in [0.4, 0.5) is 0 Å². The average molecular weight is 245 g/mol. The number of thioether (sulfide) groups is 1. The summed E-state index contributed by atoms with van der Waals surface area (Å²) < 4.78 is 5.62. The molecule has 96 valence electrons. The summed E-state index contributed by atoms with van der Waals surface area (Å²) in [5, 5.41) is 3.73. The summed E-state index contributed by atoms with van der Waals surface area (Å²) in [7, 11) is 1.79. The molecule has 0 amide bonds. The van der Waals surface area contributed by atoms with Crippen LogP contribution < -0.4 is 5.32 Å².